The van der Waals surface area contributed by atoms with Gasteiger partial charge in [0, 0.05) is 12.6 Å². The number of aryl methyl sites for hydroxylation is 1. The number of amides is 2. The largest absolute Gasteiger partial charge is 0.318 e. The van der Waals surface area contributed by atoms with Crippen LogP contribution in [-0.4, -0.2) is 31.4 Å². The first-order chi connectivity index (χ1) is 24.9. The van der Waals surface area contributed by atoms with Gasteiger partial charge in [-0.25, -0.2) is 13.2 Å². The summed E-state index contributed by atoms with van der Waals surface area (Å²) in [5, 5.41) is 20.3. The fourth-order valence-electron chi connectivity index (χ4n) is 4.69. The molecule has 0 spiro atoms. The molecule has 0 saturated carbocycles. The summed E-state index contributed by atoms with van der Waals surface area (Å²) in [6.45, 7) is 5.71. The van der Waals surface area contributed by atoms with Crippen molar-refractivity contribution in [3.8, 4) is 6.07 Å². The van der Waals surface area contributed by atoms with Gasteiger partial charge in [-0.3, -0.25) is 19.0 Å². The highest BCUT2D eigenvalue weighted by atomic mass is 35.5. The van der Waals surface area contributed by atoms with Gasteiger partial charge in [0.1, 0.15) is 0 Å². The summed E-state index contributed by atoms with van der Waals surface area (Å²) in [6.07, 6.45) is 0. The van der Waals surface area contributed by atoms with E-state index in [0.717, 1.165) is 16.8 Å². The van der Waals surface area contributed by atoms with Crippen LogP contribution in [0.15, 0.2) is 103 Å². The zero-order valence-corrected chi connectivity index (χ0v) is 29.7. The summed E-state index contributed by atoms with van der Waals surface area (Å²) in [7, 11) is 0. The van der Waals surface area contributed by atoms with Gasteiger partial charge in [-0.2, -0.15) is 15.5 Å². The lowest BCUT2D eigenvalue weighted by molar-refractivity contribution is 0.101. The second-order valence-electron chi connectivity index (χ2n) is 11.0. The molecule has 0 bridgehead atoms. The Morgan fingerprint density at radius 2 is 1.15 bits per heavy atom. The van der Waals surface area contributed by atoms with E-state index in [-0.39, 0.29) is 32.8 Å². The van der Waals surface area contributed by atoms with E-state index in [1.165, 1.54) is 48.9 Å². The standard InChI is InChI=1S/C18H14ClF2N3O.C18H15ClFN3O.C2H3N/c1-11-15(20)17(23-24(11)10-12-6-3-2-4-7-12)18(25)22-14-9-5-8-13(19)16(14)21;1-12-10-16(22-23(12)11-13-6-3-2-4-7-13)18(24)21-15-9-5-8-14(19)17(15)20;1-2-3/h2-9H,10H2,1H3,(H,22,25);2-10H,11H2,1H3,(H,21,24);1H3. The molecule has 14 heteroatoms. The molecule has 4 aromatic carbocycles. The summed E-state index contributed by atoms with van der Waals surface area (Å²) < 4.78 is 45.3. The Bertz CT molecular complexity index is 2200. The van der Waals surface area contributed by atoms with E-state index in [1.54, 1.807) is 22.9 Å². The van der Waals surface area contributed by atoms with Crippen LogP contribution < -0.4 is 10.6 Å². The molecule has 0 atom stereocenters. The van der Waals surface area contributed by atoms with Crippen molar-refractivity contribution in [2.75, 3.05) is 10.6 Å². The van der Waals surface area contributed by atoms with E-state index < -0.39 is 35.0 Å². The number of carbonyl (C=O) groups is 2. The highest BCUT2D eigenvalue weighted by molar-refractivity contribution is 6.31. The molecule has 0 unspecified atom stereocenters. The molecule has 2 amide bonds. The predicted molar refractivity (Wildman–Crippen MR) is 195 cm³/mol. The lowest BCUT2D eigenvalue weighted by Gasteiger charge is -2.06. The molecule has 2 heterocycles. The third-order valence-corrected chi connectivity index (χ3v) is 7.90. The van der Waals surface area contributed by atoms with E-state index in [1.807, 2.05) is 67.6 Å². The first-order valence-electron chi connectivity index (χ1n) is 15.6. The Morgan fingerprint density at radius 3 is 1.65 bits per heavy atom. The van der Waals surface area contributed by atoms with Crippen LogP contribution in [0.3, 0.4) is 0 Å². The molecule has 0 aliphatic rings. The SMILES string of the molecule is CC#N.Cc1c(F)c(C(=O)Nc2cccc(Cl)c2F)nn1Cc1ccccc1.Cc1cc(C(=O)Nc2cccc(Cl)c2F)nn1Cc1ccccc1. The summed E-state index contributed by atoms with van der Waals surface area (Å²) >= 11 is 11.4. The molecule has 0 aliphatic heterocycles. The fourth-order valence-corrected chi connectivity index (χ4v) is 5.03. The van der Waals surface area contributed by atoms with Gasteiger partial charge in [0.15, 0.2) is 28.8 Å². The number of anilines is 2. The van der Waals surface area contributed by atoms with Crippen LogP contribution in [0.1, 0.15) is 50.4 Å². The van der Waals surface area contributed by atoms with Crippen molar-refractivity contribution in [2.24, 2.45) is 0 Å². The highest BCUT2D eigenvalue weighted by Crippen LogP contribution is 2.24. The number of hydrogen-bond acceptors (Lipinski definition) is 5. The number of rotatable bonds is 8. The molecule has 0 fully saturated rings. The Labute approximate surface area is 308 Å². The van der Waals surface area contributed by atoms with Gasteiger partial charge < -0.3 is 10.6 Å². The quantitative estimate of drug-likeness (QED) is 0.161. The lowest BCUT2D eigenvalue weighted by atomic mass is 10.2. The normalized spacial score (nSPS) is 10.2. The summed E-state index contributed by atoms with van der Waals surface area (Å²) in [5.41, 5.74) is 2.79. The van der Waals surface area contributed by atoms with Gasteiger partial charge in [0.25, 0.3) is 11.8 Å². The first kappa shape index (κ1) is 38.9. The van der Waals surface area contributed by atoms with Gasteiger partial charge in [0.2, 0.25) is 0 Å². The molecule has 0 aliphatic carbocycles. The second kappa shape index (κ2) is 18.4. The minimum absolute atomic E-state index is 0.0303. The van der Waals surface area contributed by atoms with E-state index in [2.05, 4.69) is 20.8 Å². The molecular formula is C38H32Cl2F3N7O2. The van der Waals surface area contributed by atoms with Crippen LogP contribution in [0, 0.1) is 42.6 Å². The predicted octanol–water partition coefficient (Wildman–Crippen LogP) is 9.24. The molecule has 266 valence electrons. The van der Waals surface area contributed by atoms with E-state index in [0.29, 0.717) is 13.1 Å². The van der Waals surface area contributed by atoms with Crippen molar-refractivity contribution < 1.29 is 22.8 Å². The van der Waals surface area contributed by atoms with Crippen molar-refractivity contribution >= 4 is 46.4 Å². The van der Waals surface area contributed by atoms with E-state index in [9.17, 15) is 22.8 Å². The fraction of sp³-hybridized carbons (Fsp3) is 0.132. The Hall–Kier alpha value is -5.90. The zero-order chi connectivity index (χ0) is 37.8. The average Bonchev–Trinajstić information content (AvgIpc) is 3.64. The van der Waals surface area contributed by atoms with Crippen LogP contribution in [0.5, 0.6) is 0 Å². The number of nitriles is 1. The summed E-state index contributed by atoms with van der Waals surface area (Å²) in [6, 6.07) is 31.2. The molecule has 6 aromatic rings. The molecule has 2 N–H and O–H groups in total. The van der Waals surface area contributed by atoms with Crippen LogP contribution >= 0.6 is 23.2 Å². The Kier molecular flexibility index (Phi) is 13.7. The lowest BCUT2D eigenvalue weighted by Crippen LogP contribution is -2.15. The second-order valence-corrected chi connectivity index (χ2v) is 11.9. The maximum atomic E-state index is 14.4. The minimum atomic E-state index is -0.839. The van der Waals surface area contributed by atoms with Gasteiger partial charge in [-0.15, -0.1) is 0 Å². The third kappa shape index (κ3) is 10.1. The molecule has 6 rings (SSSR count). The number of benzene rings is 4. The summed E-state index contributed by atoms with van der Waals surface area (Å²) in [4.78, 5) is 24.6. The van der Waals surface area contributed by atoms with Gasteiger partial charge >= 0.3 is 0 Å². The number of nitrogens with one attached hydrogen (secondary N) is 2. The zero-order valence-electron chi connectivity index (χ0n) is 28.2. The molecule has 2 aromatic heterocycles. The van der Waals surface area contributed by atoms with Crippen molar-refractivity contribution in [1.82, 2.24) is 19.6 Å². The molecule has 0 saturated heterocycles. The van der Waals surface area contributed by atoms with Gasteiger partial charge in [0.05, 0.1) is 46.3 Å². The van der Waals surface area contributed by atoms with E-state index in [4.69, 9.17) is 28.5 Å². The molecule has 52 heavy (non-hydrogen) atoms. The molecule has 9 nitrogen and oxygen atoms in total. The van der Waals surface area contributed by atoms with Crippen molar-refractivity contribution in [1.29, 1.82) is 5.26 Å². The monoisotopic (exact) mass is 745 g/mol. The summed E-state index contributed by atoms with van der Waals surface area (Å²) in [5.74, 6) is -3.50. The van der Waals surface area contributed by atoms with Crippen LogP contribution in [0.4, 0.5) is 24.5 Å². The highest BCUT2D eigenvalue weighted by Gasteiger charge is 2.22. The van der Waals surface area contributed by atoms with Crippen molar-refractivity contribution in [2.45, 2.75) is 33.9 Å². The first-order valence-corrected chi connectivity index (χ1v) is 16.4. The molecular weight excluding hydrogens is 714 g/mol. The van der Waals surface area contributed by atoms with E-state index >= 15 is 0 Å². The number of nitrogens with zero attached hydrogens (tertiary/aromatic N) is 5. The number of carbonyl (C=O) groups excluding carboxylic acids is 2. The van der Waals surface area contributed by atoms with Crippen molar-refractivity contribution in [3.05, 3.63) is 165 Å². The van der Waals surface area contributed by atoms with Gasteiger partial charge in [-0.1, -0.05) is 96.0 Å². The Morgan fingerprint density at radius 1 is 0.692 bits per heavy atom. The molecule has 0 radical (unpaired) electrons. The van der Waals surface area contributed by atoms with Crippen LogP contribution in [-0.2, 0) is 13.1 Å². The third-order valence-electron chi connectivity index (χ3n) is 7.31. The van der Waals surface area contributed by atoms with Crippen LogP contribution in [0.25, 0.3) is 0 Å². The number of aromatic nitrogens is 4. The van der Waals surface area contributed by atoms with Crippen LogP contribution in [0.2, 0.25) is 10.0 Å². The maximum Gasteiger partial charge on any atom is 0.279 e. The topological polar surface area (TPSA) is 118 Å². The smallest absolute Gasteiger partial charge is 0.279 e. The average molecular weight is 747 g/mol. The van der Waals surface area contributed by atoms with Crippen molar-refractivity contribution in [3.63, 3.8) is 0 Å². The number of halogens is 5. The Balaban J connectivity index is 0.000000217. The minimum Gasteiger partial charge on any atom is -0.318 e. The van der Waals surface area contributed by atoms with Gasteiger partial charge in [-0.05, 0) is 55.3 Å². The number of hydrogen-bond donors (Lipinski definition) is 2. The maximum absolute atomic E-state index is 14.4.